The number of alkyl carbamates (subject to hydrolysis) is 1. The van der Waals surface area contributed by atoms with Crippen LogP contribution in [0.2, 0.25) is 5.02 Å². The number of fused-ring (bicyclic) bond motifs is 1. The Morgan fingerprint density at radius 2 is 1.79 bits per heavy atom. The summed E-state index contributed by atoms with van der Waals surface area (Å²) in [5.41, 5.74) is 6.27. The topological polar surface area (TPSA) is 55.6 Å². The maximum absolute atomic E-state index is 12.3. The second-order valence-electron chi connectivity index (χ2n) is 8.91. The normalized spacial score (nSPS) is 14.4. The van der Waals surface area contributed by atoms with Crippen LogP contribution >= 0.6 is 11.6 Å². The van der Waals surface area contributed by atoms with Crippen LogP contribution in [0.5, 0.6) is 0 Å². The van der Waals surface area contributed by atoms with Crippen molar-refractivity contribution in [2.24, 2.45) is 0 Å². The molecule has 5 nitrogen and oxygen atoms in total. The van der Waals surface area contributed by atoms with Gasteiger partial charge in [0.25, 0.3) is 0 Å². The fourth-order valence-electron chi connectivity index (χ4n) is 4.58. The van der Waals surface area contributed by atoms with Crippen molar-refractivity contribution in [2.75, 3.05) is 0 Å². The van der Waals surface area contributed by atoms with Gasteiger partial charge in [0.2, 0.25) is 0 Å². The highest BCUT2D eigenvalue weighted by atomic mass is 35.5. The van der Waals surface area contributed by atoms with Gasteiger partial charge in [-0.15, -0.1) is 0 Å². The van der Waals surface area contributed by atoms with Crippen LogP contribution in [0.1, 0.15) is 37.3 Å². The molecule has 1 aliphatic rings. The fraction of sp³-hybridized carbons (Fsp3) is 0.214. The molecule has 1 N–H and O–H groups in total. The number of halogens is 1. The first-order valence-electron chi connectivity index (χ1n) is 11.4. The molecule has 0 atom stereocenters. The Labute approximate surface area is 204 Å². The number of ether oxygens (including phenoxy) is 1. The maximum atomic E-state index is 12.3. The summed E-state index contributed by atoms with van der Waals surface area (Å²) in [5, 5.41) is 3.70. The fourth-order valence-corrected chi connectivity index (χ4v) is 4.78. The molecule has 1 aliphatic carbocycles. The van der Waals surface area contributed by atoms with Gasteiger partial charge in [-0.3, -0.25) is 4.40 Å². The highest BCUT2D eigenvalue weighted by Crippen LogP contribution is 2.42. The number of imidazole rings is 1. The standard InChI is InChI=1S/C28H26ClN3O2/c1-18(2)34-27(33)31-28(15-7-16-28)22-12-10-20(11-13-22)24-25(21-8-5-4-6-9-21)32-17-14-19(3)23(29)26(32)30-24/h4-6,8-14,17H,1,7,15-16H2,2-3H3,(H,31,33). The third-order valence-electron chi connectivity index (χ3n) is 6.50. The number of carbonyl (C=O) groups excluding carboxylic acids is 1. The van der Waals surface area contributed by atoms with Gasteiger partial charge in [-0.2, -0.15) is 0 Å². The Bertz CT molecular complexity index is 1390. The minimum Gasteiger partial charge on any atom is -0.416 e. The zero-order valence-corrected chi connectivity index (χ0v) is 20.0. The van der Waals surface area contributed by atoms with E-state index in [1.165, 1.54) is 0 Å². The van der Waals surface area contributed by atoms with E-state index in [4.69, 9.17) is 21.3 Å². The zero-order chi connectivity index (χ0) is 23.9. The van der Waals surface area contributed by atoms with Crippen molar-refractivity contribution >= 4 is 23.3 Å². The summed E-state index contributed by atoms with van der Waals surface area (Å²) in [4.78, 5) is 17.2. The van der Waals surface area contributed by atoms with Gasteiger partial charge in [0, 0.05) is 17.3 Å². The average Bonchev–Trinajstić information content (AvgIpc) is 3.19. The second kappa shape index (κ2) is 8.65. The largest absolute Gasteiger partial charge is 0.416 e. The SMILES string of the molecule is C=C(C)OC(=O)NC1(c2ccc(-c3nc4c(Cl)c(C)ccn4c3-c3ccccc3)cc2)CCC1. The Morgan fingerprint density at radius 3 is 2.41 bits per heavy atom. The number of allylic oxidation sites excluding steroid dienone is 1. The van der Waals surface area contributed by atoms with E-state index in [2.05, 4.69) is 52.7 Å². The number of hydrogen-bond donors (Lipinski definition) is 1. The highest BCUT2D eigenvalue weighted by Gasteiger charge is 2.40. The van der Waals surface area contributed by atoms with E-state index in [9.17, 15) is 4.79 Å². The van der Waals surface area contributed by atoms with Crippen LogP contribution in [-0.2, 0) is 10.3 Å². The van der Waals surface area contributed by atoms with Gasteiger partial charge in [0.05, 0.1) is 27.7 Å². The lowest BCUT2D eigenvalue weighted by atomic mass is 9.71. The monoisotopic (exact) mass is 471 g/mol. The average molecular weight is 472 g/mol. The molecule has 4 aromatic rings. The summed E-state index contributed by atoms with van der Waals surface area (Å²) >= 11 is 6.64. The number of nitrogens with one attached hydrogen (secondary N) is 1. The predicted molar refractivity (Wildman–Crippen MR) is 136 cm³/mol. The van der Waals surface area contributed by atoms with Gasteiger partial charge >= 0.3 is 6.09 Å². The van der Waals surface area contributed by atoms with Gasteiger partial charge in [0.1, 0.15) is 0 Å². The number of aromatic nitrogens is 2. The van der Waals surface area contributed by atoms with E-state index >= 15 is 0 Å². The molecule has 1 fully saturated rings. The number of aryl methyl sites for hydroxylation is 1. The number of benzene rings is 2. The molecule has 1 saturated carbocycles. The van der Waals surface area contributed by atoms with Crippen molar-refractivity contribution in [2.45, 2.75) is 38.6 Å². The van der Waals surface area contributed by atoms with E-state index in [-0.39, 0.29) is 0 Å². The molecule has 0 saturated heterocycles. The molecule has 0 bridgehead atoms. The zero-order valence-electron chi connectivity index (χ0n) is 19.3. The van der Waals surface area contributed by atoms with Gasteiger partial charge in [-0.1, -0.05) is 72.8 Å². The Morgan fingerprint density at radius 1 is 1.09 bits per heavy atom. The molecule has 2 aromatic heterocycles. The minimum absolute atomic E-state index is 0.372. The summed E-state index contributed by atoms with van der Waals surface area (Å²) < 4.78 is 7.20. The molecule has 6 heteroatoms. The Kier molecular flexibility index (Phi) is 5.66. The molecule has 172 valence electrons. The van der Waals surface area contributed by atoms with Crippen molar-refractivity contribution in [1.82, 2.24) is 14.7 Å². The summed E-state index contributed by atoms with van der Waals surface area (Å²) in [6.07, 6.45) is 4.35. The molecular formula is C28H26ClN3O2. The number of carbonyl (C=O) groups is 1. The summed E-state index contributed by atoms with van der Waals surface area (Å²) in [5.74, 6) is 0.372. The first-order chi connectivity index (χ1) is 16.4. The number of rotatable bonds is 5. The lowest BCUT2D eigenvalue weighted by Crippen LogP contribution is -2.50. The number of hydrogen-bond acceptors (Lipinski definition) is 3. The first kappa shape index (κ1) is 22.2. The Balaban J connectivity index is 1.57. The number of nitrogens with zero attached hydrogens (tertiary/aromatic N) is 2. The van der Waals surface area contributed by atoms with E-state index in [0.29, 0.717) is 10.8 Å². The van der Waals surface area contributed by atoms with Crippen molar-refractivity contribution in [3.63, 3.8) is 0 Å². The molecule has 0 radical (unpaired) electrons. The van der Waals surface area contributed by atoms with Gasteiger partial charge in [0.15, 0.2) is 5.65 Å². The van der Waals surface area contributed by atoms with Gasteiger partial charge in [-0.05, 0) is 50.3 Å². The Hall–Kier alpha value is -3.57. The third kappa shape index (κ3) is 3.86. The van der Waals surface area contributed by atoms with Crippen LogP contribution < -0.4 is 5.32 Å². The van der Waals surface area contributed by atoms with E-state index < -0.39 is 11.6 Å². The van der Waals surface area contributed by atoms with Crippen molar-refractivity contribution in [3.05, 3.63) is 95.3 Å². The lowest BCUT2D eigenvalue weighted by Gasteiger charge is -2.42. The first-order valence-corrected chi connectivity index (χ1v) is 11.7. The van der Waals surface area contributed by atoms with Crippen LogP contribution in [0, 0.1) is 6.92 Å². The van der Waals surface area contributed by atoms with Crippen LogP contribution in [0.3, 0.4) is 0 Å². The molecule has 34 heavy (non-hydrogen) atoms. The summed E-state index contributed by atoms with van der Waals surface area (Å²) in [7, 11) is 0. The highest BCUT2D eigenvalue weighted by molar-refractivity contribution is 6.34. The summed E-state index contributed by atoms with van der Waals surface area (Å²) in [6.45, 7) is 7.29. The summed E-state index contributed by atoms with van der Waals surface area (Å²) in [6, 6.07) is 20.5. The smallest absolute Gasteiger partial charge is 0.412 e. The molecule has 2 heterocycles. The van der Waals surface area contributed by atoms with Crippen LogP contribution in [0.4, 0.5) is 4.79 Å². The van der Waals surface area contributed by atoms with Crippen LogP contribution in [-0.4, -0.2) is 15.5 Å². The van der Waals surface area contributed by atoms with E-state index in [1.54, 1.807) is 6.92 Å². The second-order valence-corrected chi connectivity index (χ2v) is 9.29. The maximum Gasteiger partial charge on any atom is 0.412 e. The number of amides is 1. The molecule has 1 amide bonds. The number of pyridine rings is 1. The van der Waals surface area contributed by atoms with Crippen molar-refractivity contribution in [1.29, 1.82) is 0 Å². The molecular weight excluding hydrogens is 446 g/mol. The third-order valence-corrected chi connectivity index (χ3v) is 6.97. The van der Waals surface area contributed by atoms with E-state index in [1.807, 2.05) is 37.4 Å². The van der Waals surface area contributed by atoms with Crippen LogP contribution in [0.25, 0.3) is 28.2 Å². The minimum atomic E-state index is -0.465. The van der Waals surface area contributed by atoms with Crippen LogP contribution in [0.15, 0.2) is 79.2 Å². The molecule has 0 unspecified atom stereocenters. The van der Waals surface area contributed by atoms with Gasteiger partial charge < -0.3 is 10.1 Å². The molecule has 2 aromatic carbocycles. The van der Waals surface area contributed by atoms with Crippen molar-refractivity contribution in [3.8, 4) is 22.5 Å². The van der Waals surface area contributed by atoms with E-state index in [0.717, 1.165) is 58.6 Å². The molecule has 5 rings (SSSR count). The van der Waals surface area contributed by atoms with Crippen molar-refractivity contribution < 1.29 is 9.53 Å². The quantitative estimate of drug-likeness (QED) is 0.311. The predicted octanol–water partition coefficient (Wildman–Crippen LogP) is 7.27. The van der Waals surface area contributed by atoms with Gasteiger partial charge in [-0.25, -0.2) is 9.78 Å². The lowest BCUT2D eigenvalue weighted by molar-refractivity contribution is 0.132. The molecule has 0 aliphatic heterocycles. The molecule has 0 spiro atoms.